The van der Waals surface area contributed by atoms with E-state index in [1.165, 1.54) is 38.4 Å². The van der Waals surface area contributed by atoms with Gasteiger partial charge in [0.05, 0.1) is 17.6 Å². The fourth-order valence-electron chi connectivity index (χ4n) is 3.59. The summed E-state index contributed by atoms with van der Waals surface area (Å²) in [7, 11) is -1.09. The van der Waals surface area contributed by atoms with Crippen LogP contribution in [0.3, 0.4) is 0 Å². The molecule has 0 atom stereocenters. The molecule has 1 fully saturated rings. The van der Waals surface area contributed by atoms with Crippen molar-refractivity contribution in [2.75, 3.05) is 27.2 Å². The second-order valence-corrected chi connectivity index (χ2v) is 9.47. The molecule has 0 spiro atoms. The van der Waals surface area contributed by atoms with Crippen LogP contribution < -0.4 is 4.74 Å². The van der Waals surface area contributed by atoms with Crippen LogP contribution in [0.15, 0.2) is 47.4 Å². The van der Waals surface area contributed by atoms with Gasteiger partial charge in [-0.2, -0.15) is 4.31 Å². The SMILES string of the molecule is COc1ccc(S(=O)(=O)N(C)Cc2ccccc2F)cc1C(=O)N1CCCCCC1. The fraction of sp³-hybridized carbons (Fsp3) is 0.409. The molecule has 8 heteroatoms. The van der Waals surface area contributed by atoms with Crippen molar-refractivity contribution in [1.82, 2.24) is 9.21 Å². The minimum absolute atomic E-state index is 0.0275. The van der Waals surface area contributed by atoms with Crippen molar-refractivity contribution < 1.29 is 22.3 Å². The highest BCUT2D eigenvalue weighted by atomic mass is 32.2. The minimum atomic E-state index is -3.93. The van der Waals surface area contributed by atoms with E-state index in [1.807, 2.05) is 0 Å². The second kappa shape index (κ2) is 9.57. The summed E-state index contributed by atoms with van der Waals surface area (Å²) in [5.74, 6) is -0.367. The van der Waals surface area contributed by atoms with Gasteiger partial charge in [-0.15, -0.1) is 0 Å². The molecule has 0 aliphatic carbocycles. The molecular formula is C22H27FN2O4S. The monoisotopic (exact) mass is 434 g/mol. The Balaban J connectivity index is 1.90. The molecule has 2 aromatic carbocycles. The van der Waals surface area contributed by atoms with Gasteiger partial charge in [-0.3, -0.25) is 4.79 Å². The Kier molecular flexibility index (Phi) is 7.10. The van der Waals surface area contributed by atoms with Gasteiger partial charge >= 0.3 is 0 Å². The van der Waals surface area contributed by atoms with Crippen LogP contribution in [0.4, 0.5) is 4.39 Å². The summed E-state index contributed by atoms with van der Waals surface area (Å²) in [5.41, 5.74) is 0.498. The number of methoxy groups -OCH3 is 1. The van der Waals surface area contributed by atoms with Gasteiger partial charge in [0.15, 0.2) is 0 Å². The number of ether oxygens (including phenoxy) is 1. The van der Waals surface area contributed by atoms with Gasteiger partial charge in [-0.05, 0) is 37.1 Å². The van der Waals surface area contributed by atoms with Gasteiger partial charge in [0, 0.05) is 32.2 Å². The van der Waals surface area contributed by atoms with Gasteiger partial charge in [-0.25, -0.2) is 12.8 Å². The molecule has 1 amide bonds. The van der Waals surface area contributed by atoms with Crippen LogP contribution >= 0.6 is 0 Å². The van der Waals surface area contributed by atoms with E-state index in [2.05, 4.69) is 0 Å². The molecule has 0 N–H and O–H groups in total. The lowest BCUT2D eigenvalue weighted by Crippen LogP contribution is -2.32. The van der Waals surface area contributed by atoms with E-state index in [1.54, 1.807) is 23.1 Å². The van der Waals surface area contributed by atoms with Gasteiger partial charge in [0.2, 0.25) is 10.0 Å². The standard InChI is InChI=1S/C22H27FN2O4S/c1-24(16-17-9-5-6-10-20(17)23)30(27,28)18-11-12-21(29-2)19(15-18)22(26)25-13-7-3-4-8-14-25/h5-6,9-12,15H,3-4,7-8,13-14,16H2,1-2H3. The molecule has 30 heavy (non-hydrogen) atoms. The third kappa shape index (κ3) is 4.82. The Morgan fingerprint density at radius 3 is 2.40 bits per heavy atom. The number of sulfonamides is 1. The number of rotatable bonds is 6. The predicted molar refractivity (Wildman–Crippen MR) is 112 cm³/mol. The van der Waals surface area contributed by atoms with Crippen LogP contribution in [0.5, 0.6) is 5.75 Å². The summed E-state index contributed by atoms with van der Waals surface area (Å²) >= 11 is 0. The van der Waals surface area contributed by atoms with Crippen LogP contribution in [-0.2, 0) is 16.6 Å². The average molecular weight is 435 g/mol. The van der Waals surface area contributed by atoms with E-state index < -0.39 is 15.8 Å². The number of likely N-dealkylation sites (tertiary alicyclic amines) is 1. The minimum Gasteiger partial charge on any atom is -0.496 e. The topological polar surface area (TPSA) is 66.9 Å². The molecule has 0 radical (unpaired) electrons. The van der Waals surface area contributed by atoms with Gasteiger partial charge < -0.3 is 9.64 Å². The van der Waals surface area contributed by atoms with Gasteiger partial charge in [0.1, 0.15) is 11.6 Å². The quantitative estimate of drug-likeness (QED) is 0.696. The molecule has 0 bridgehead atoms. The van der Waals surface area contributed by atoms with E-state index in [0.29, 0.717) is 18.8 Å². The lowest BCUT2D eigenvalue weighted by Gasteiger charge is -2.23. The van der Waals surface area contributed by atoms with Crippen LogP contribution in [-0.4, -0.2) is 50.8 Å². The molecule has 0 aromatic heterocycles. The first kappa shape index (κ1) is 22.2. The predicted octanol–water partition coefficient (Wildman–Crippen LogP) is 3.67. The van der Waals surface area contributed by atoms with Crippen molar-refractivity contribution in [2.45, 2.75) is 37.1 Å². The van der Waals surface area contributed by atoms with E-state index in [-0.39, 0.29) is 28.5 Å². The van der Waals surface area contributed by atoms with Gasteiger partial charge in [-0.1, -0.05) is 31.0 Å². The van der Waals surface area contributed by atoms with Crippen LogP contribution in [0, 0.1) is 5.82 Å². The number of hydrogen-bond acceptors (Lipinski definition) is 4. The summed E-state index contributed by atoms with van der Waals surface area (Å²) in [6.07, 6.45) is 4.02. The number of carbonyl (C=O) groups excluding carboxylic acids is 1. The van der Waals surface area contributed by atoms with Crippen LogP contribution in [0.25, 0.3) is 0 Å². The summed E-state index contributed by atoms with van der Waals surface area (Å²) in [4.78, 5) is 14.8. The first-order valence-corrected chi connectivity index (χ1v) is 11.5. The summed E-state index contributed by atoms with van der Waals surface area (Å²) in [6, 6.07) is 10.3. The molecular weight excluding hydrogens is 407 g/mol. The summed E-state index contributed by atoms with van der Waals surface area (Å²) in [6.45, 7) is 1.18. The number of nitrogens with zero attached hydrogens (tertiary/aromatic N) is 2. The Morgan fingerprint density at radius 1 is 1.10 bits per heavy atom. The zero-order chi connectivity index (χ0) is 21.7. The highest BCUT2D eigenvalue weighted by molar-refractivity contribution is 7.89. The Bertz CT molecular complexity index is 1000. The fourth-order valence-corrected chi connectivity index (χ4v) is 4.77. The number of amides is 1. The number of benzene rings is 2. The van der Waals surface area contributed by atoms with Crippen LogP contribution in [0.1, 0.15) is 41.6 Å². The molecule has 1 saturated heterocycles. The van der Waals surface area contributed by atoms with Crippen molar-refractivity contribution in [2.24, 2.45) is 0 Å². The van der Waals surface area contributed by atoms with Crippen molar-refractivity contribution in [1.29, 1.82) is 0 Å². The summed E-state index contributed by atoms with van der Waals surface area (Å²) < 4.78 is 46.5. The van der Waals surface area contributed by atoms with E-state index in [4.69, 9.17) is 4.74 Å². The Labute approximate surface area is 177 Å². The molecule has 1 aliphatic rings. The van der Waals surface area contributed by atoms with E-state index >= 15 is 0 Å². The molecule has 0 saturated carbocycles. The Morgan fingerprint density at radius 2 is 1.77 bits per heavy atom. The number of carbonyl (C=O) groups is 1. The first-order valence-electron chi connectivity index (χ1n) is 10.0. The zero-order valence-corrected chi connectivity index (χ0v) is 18.1. The first-order chi connectivity index (χ1) is 14.3. The lowest BCUT2D eigenvalue weighted by atomic mass is 10.1. The van der Waals surface area contributed by atoms with Crippen molar-refractivity contribution in [3.05, 3.63) is 59.4 Å². The molecule has 0 unspecified atom stereocenters. The highest BCUT2D eigenvalue weighted by Gasteiger charge is 2.26. The Hall–Kier alpha value is -2.45. The number of hydrogen-bond donors (Lipinski definition) is 0. The third-order valence-electron chi connectivity index (χ3n) is 5.35. The maximum absolute atomic E-state index is 14.0. The number of halogens is 1. The van der Waals surface area contributed by atoms with Crippen molar-refractivity contribution in [3.8, 4) is 5.75 Å². The normalized spacial score (nSPS) is 15.1. The average Bonchev–Trinajstić information content (AvgIpc) is 3.04. The maximum atomic E-state index is 14.0. The molecule has 2 aromatic rings. The third-order valence-corrected chi connectivity index (χ3v) is 7.15. The van der Waals surface area contributed by atoms with E-state index in [9.17, 15) is 17.6 Å². The smallest absolute Gasteiger partial charge is 0.257 e. The zero-order valence-electron chi connectivity index (χ0n) is 17.3. The molecule has 1 aliphatic heterocycles. The molecule has 6 nitrogen and oxygen atoms in total. The second-order valence-electron chi connectivity index (χ2n) is 7.42. The van der Waals surface area contributed by atoms with E-state index in [0.717, 1.165) is 30.0 Å². The largest absolute Gasteiger partial charge is 0.496 e. The van der Waals surface area contributed by atoms with Crippen LogP contribution in [0.2, 0.25) is 0 Å². The lowest BCUT2D eigenvalue weighted by molar-refractivity contribution is 0.0758. The molecule has 1 heterocycles. The molecule has 3 rings (SSSR count). The van der Waals surface area contributed by atoms with Crippen molar-refractivity contribution >= 4 is 15.9 Å². The van der Waals surface area contributed by atoms with Crippen molar-refractivity contribution in [3.63, 3.8) is 0 Å². The highest BCUT2D eigenvalue weighted by Crippen LogP contribution is 2.27. The van der Waals surface area contributed by atoms with Gasteiger partial charge in [0.25, 0.3) is 5.91 Å². The summed E-state index contributed by atoms with van der Waals surface area (Å²) in [5, 5.41) is 0. The molecule has 162 valence electrons. The maximum Gasteiger partial charge on any atom is 0.257 e.